The Kier molecular flexibility index (Phi) is 2.98. The van der Waals surface area contributed by atoms with Gasteiger partial charge in [0, 0.05) is 0 Å². The quantitative estimate of drug-likeness (QED) is 0.372. The highest BCUT2D eigenvalue weighted by molar-refractivity contribution is 5.73. The Bertz CT molecular complexity index is 305. The van der Waals surface area contributed by atoms with Crippen LogP contribution in [0.2, 0.25) is 0 Å². The molecule has 0 aromatic heterocycles. The fourth-order valence-corrected chi connectivity index (χ4v) is 2.21. The van der Waals surface area contributed by atoms with E-state index >= 15 is 0 Å². The molecule has 0 bridgehead atoms. The van der Waals surface area contributed by atoms with Gasteiger partial charge in [0.15, 0.2) is 0 Å². The van der Waals surface area contributed by atoms with Crippen LogP contribution in [0, 0.1) is 11.3 Å². The van der Waals surface area contributed by atoms with Crippen molar-refractivity contribution in [2.24, 2.45) is 11.3 Å². The normalized spacial score (nSPS) is 26.9. The van der Waals surface area contributed by atoms with Crippen molar-refractivity contribution in [1.29, 1.82) is 0 Å². The molecular formula is C13H20O. The van der Waals surface area contributed by atoms with Gasteiger partial charge >= 0.3 is 0 Å². The molecule has 14 heavy (non-hydrogen) atoms. The number of carbonyl (C=O) groups excluding carboxylic acids is 1. The molecule has 1 heteroatoms. The zero-order valence-electron chi connectivity index (χ0n) is 9.85. The van der Waals surface area contributed by atoms with E-state index < -0.39 is 0 Å². The average Bonchev–Trinajstić information content (AvgIpc) is 2.40. The molecule has 0 radical (unpaired) electrons. The SMILES string of the molecule is CC1=CCC(/C(C)=C(\C)C=O)C1(C)C. The van der Waals surface area contributed by atoms with Gasteiger partial charge in [-0.05, 0) is 44.1 Å². The van der Waals surface area contributed by atoms with Gasteiger partial charge in [-0.3, -0.25) is 4.79 Å². The van der Waals surface area contributed by atoms with Gasteiger partial charge in [0.2, 0.25) is 0 Å². The first-order chi connectivity index (χ1) is 6.41. The van der Waals surface area contributed by atoms with Gasteiger partial charge in [0.1, 0.15) is 6.29 Å². The maximum Gasteiger partial charge on any atom is 0.145 e. The number of hydrogen-bond donors (Lipinski definition) is 0. The first-order valence-electron chi connectivity index (χ1n) is 5.21. The first kappa shape index (κ1) is 11.2. The van der Waals surface area contributed by atoms with Gasteiger partial charge in [0.05, 0.1) is 0 Å². The lowest BCUT2D eigenvalue weighted by Crippen LogP contribution is -2.22. The lowest BCUT2D eigenvalue weighted by Gasteiger charge is -2.31. The lowest BCUT2D eigenvalue weighted by molar-refractivity contribution is -0.104. The van der Waals surface area contributed by atoms with Crippen LogP contribution >= 0.6 is 0 Å². The van der Waals surface area contributed by atoms with Gasteiger partial charge in [-0.1, -0.05) is 31.1 Å². The van der Waals surface area contributed by atoms with Crippen molar-refractivity contribution in [3.8, 4) is 0 Å². The highest BCUT2D eigenvalue weighted by atomic mass is 16.1. The van der Waals surface area contributed by atoms with E-state index in [4.69, 9.17) is 0 Å². The summed E-state index contributed by atoms with van der Waals surface area (Å²) < 4.78 is 0. The van der Waals surface area contributed by atoms with Gasteiger partial charge in [0.25, 0.3) is 0 Å². The second kappa shape index (κ2) is 3.72. The topological polar surface area (TPSA) is 17.1 Å². The van der Waals surface area contributed by atoms with Crippen molar-refractivity contribution in [3.63, 3.8) is 0 Å². The molecule has 1 rings (SSSR count). The number of hydrogen-bond acceptors (Lipinski definition) is 1. The van der Waals surface area contributed by atoms with Crippen LogP contribution in [0.25, 0.3) is 0 Å². The molecule has 0 aromatic carbocycles. The zero-order valence-corrected chi connectivity index (χ0v) is 9.85. The second-order valence-corrected chi connectivity index (χ2v) is 4.88. The molecule has 0 saturated heterocycles. The van der Waals surface area contributed by atoms with Crippen molar-refractivity contribution in [2.75, 3.05) is 0 Å². The molecule has 1 unspecified atom stereocenters. The maximum absolute atomic E-state index is 10.7. The molecule has 1 aliphatic rings. The third-order valence-electron chi connectivity index (χ3n) is 3.87. The Hall–Kier alpha value is -0.850. The lowest BCUT2D eigenvalue weighted by atomic mass is 9.73. The first-order valence-corrected chi connectivity index (χ1v) is 5.21. The van der Waals surface area contributed by atoms with Crippen molar-refractivity contribution in [1.82, 2.24) is 0 Å². The number of rotatable bonds is 2. The highest BCUT2D eigenvalue weighted by Gasteiger charge is 2.36. The summed E-state index contributed by atoms with van der Waals surface area (Å²) in [5, 5.41) is 0. The predicted molar refractivity (Wildman–Crippen MR) is 60.1 cm³/mol. The Balaban J connectivity index is 3.00. The molecular weight excluding hydrogens is 172 g/mol. The van der Waals surface area contributed by atoms with Crippen LogP contribution in [-0.4, -0.2) is 6.29 Å². The van der Waals surface area contributed by atoms with E-state index in [9.17, 15) is 4.79 Å². The Morgan fingerprint density at radius 1 is 1.50 bits per heavy atom. The molecule has 0 N–H and O–H groups in total. The molecule has 1 aliphatic carbocycles. The summed E-state index contributed by atoms with van der Waals surface area (Å²) in [5.74, 6) is 0.507. The van der Waals surface area contributed by atoms with E-state index in [1.807, 2.05) is 6.92 Å². The summed E-state index contributed by atoms with van der Waals surface area (Å²) in [6, 6.07) is 0. The minimum atomic E-state index is 0.217. The Morgan fingerprint density at radius 3 is 2.43 bits per heavy atom. The van der Waals surface area contributed by atoms with Crippen LogP contribution in [0.15, 0.2) is 22.8 Å². The molecule has 0 spiro atoms. The zero-order chi connectivity index (χ0) is 10.9. The molecule has 0 aromatic rings. The van der Waals surface area contributed by atoms with E-state index in [2.05, 4.69) is 33.8 Å². The molecule has 78 valence electrons. The monoisotopic (exact) mass is 192 g/mol. The maximum atomic E-state index is 10.7. The molecule has 0 aliphatic heterocycles. The third kappa shape index (κ3) is 1.68. The minimum Gasteiger partial charge on any atom is -0.298 e. The highest BCUT2D eigenvalue weighted by Crippen LogP contribution is 2.46. The molecule has 1 nitrogen and oxygen atoms in total. The predicted octanol–water partition coefficient (Wildman–Crippen LogP) is 3.51. The number of carbonyl (C=O) groups is 1. The van der Waals surface area contributed by atoms with Crippen LogP contribution in [0.3, 0.4) is 0 Å². The third-order valence-corrected chi connectivity index (χ3v) is 3.87. The molecule has 1 atom stereocenters. The summed E-state index contributed by atoms with van der Waals surface area (Å²) in [6.07, 6.45) is 4.35. The number of allylic oxidation sites excluding steroid dienone is 4. The van der Waals surface area contributed by atoms with E-state index in [1.165, 1.54) is 11.1 Å². The van der Waals surface area contributed by atoms with Crippen molar-refractivity contribution < 1.29 is 4.79 Å². The van der Waals surface area contributed by atoms with E-state index in [-0.39, 0.29) is 5.41 Å². The molecule has 0 fully saturated rings. The summed E-state index contributed by atoms with van der Waals surface area (Å²) in [7, 11) is 0. The molecule has 0 heterocycles. The largest absolute Gasteiger partial charge is 0.298 e. The van der Waals surface area contributed by atoms with Gasteiger partial charge in [-0.15, -0.1) is 0 Å². The molecule has 0 amide bonds. The minimum absolute atomic E-state index is 0.217. The summed E-state index contributed by atoms with van der Waals surface area (Å²) in [6.45, 7) is 10.7. The molecule has 0 saturated carbocycles. The van der Waals surface area contributed by atoms with Crippen LogP contribution in [-0.2, 0) is 4.79 Å². The van der Waals surface area contributed by atoms with Gasteiger partial charge in [-0.2, -0.15) is 0 Å². The van der Waals surface area contributed by atoms with Crippen molar-refractivity contribution >= 4 is 6.29 Å². The second-order valence-electron chi connectivity index (χ2n) is 4.88. The fourth-order valence-electron chi connectivity index (χ4n) is 2.21. The Morgan fingerprint density at radius 2 is 2.07 bits per heavy atom. The van der Waals surface area contributed by atoms with Crippen LogP contribution in [0.5, 0.6) is 0 Å². The number of aldehydes is 1. The van der Waals surface area contributed by atoms with Crippen molar-refractivity contribution in [2.45, 2.75) is 41.0 Å². The standard InChI is InChI=1S/C13H20O/c1-9(8-14)11(3)12-7-6-10(2)13(12,4)5/h6,8,12H,7H2,1-5H3/b11-9+. The van der Waals surface area contributed by atoms with E-state index in [1.54, 1.807) is 0 Å². The van der Waals surface area contributed by atoms with E-state index in [0.29, 0.717) is 5.92 Å². The summed E-state index contributed by atoms with van der Waals surface area (Å²) in [4.78, 5) is 10.7. The van der Waals surface area contributed by atoms with Gasteiger partial charge in [-0.25, -0.2) is 0 Å². The van der Waals surface area contributed by atoms with Crippen molar-refractivity contribution in [3.05, 3.63) is 22.8 Å². The van der Waals surface area contributed by atoms with Crippen LogP contribution in [0.4, 0.5) is 0 Å². The van der Waals surface area contributed by atoms with Crippen LogP contribution in [0.1, 0.15) is 41.0 Å². The summed E-state index contributed by atoms with van der Waals surface area (Å²) in [5.41, 5.74) is 3.80. The fraction of sp³-hybridized carbons (Fsp3) is 0.615. The smallest absolute Gasteiger partial charge is 0.145 e. The van der Waals surface area contributed by atoms with Crippen LogP contribution < -0.4 is 0 Å². The average molecular weight is 192 g/mol. The Labute approximate surface area is 86.9 Å². The summed E-state index contributed by atoms with van der Waals surface area (Å²) >= 11 is 0. The van der Waals surface area contributed by atoms with E-state index in [0.717, 1.165) is 18.3 Å². The van der Waals surface area contributed by atoms with Gasteiger partial charge < -0.3 is 0 Å².